The molecule has 0 radical (unpaired) electrons. The molecule has 150 valence electrons. The highest BCUT2D eigenvalue weighted by molar-refractivity contribution is 5.85. The lowest BCUT2D eigenvalue weighted by molar-refractivity contribution is -0.174. The van der Waals surface area contributed by atoms with Crippen LogP contribution in [0, 0.1) is 0 Å². The van der Waals surface area contributed by atoms with Gasteiger partial charge in [0, 0.05) is 0 Å². The highest BCUT2D eigenvalue weighted by Crippen LogP contribution is 2.26. The number of aryl methyl sites for hydroxylation is 1. The Balaban J connectivity index is 2.29. The zero-order chi connectivity index (χ0) is 20.9. The molecule has 1 amide bonds. The van der Waals surface area contributed by atoms with E-state index in [4.69, 9.17) is 9.84 Å². The first kappa shape index (κ1) is 21.2. The first-order valence-corrected chi connectivity index (χ1v) is 8.44. The maximum atomic E-state index is 12.6. The Morgan fingerprint density at radius 3 is 2.29 bits per heavy atom. The Hall–Kier alpha value is -3.10. The molecule has 0 aliphatic rings. The van der Waals surface area contributed by atoms with E-state index in [9.17, 15) is 22.8 Å². The third kappa shape index (κ3) is 5.45. The van der Waals surface area contributed by atoms with Gasteiger partial charge in [-0.2, -0.15) is 13.2 Å². The zero-order valence-electron chi connectivity index (χ0n) is 15.2. The fourth-order valence-corrected chi connectivity index (χ4v) is 2.49. The lowest BCUT2D eigenvalue weighted by Crippen LogP contribution is -2.45. The van der Waals surface area contributed by atoms with Gasteiger partial charge < -0.3 is 15.2 Å². The molecule has 1 heterocycles. The van der Waals surface area contributed by atoms with Crippen LogP contribution in [0.25, 0.3) is 0 Å². The SMILES string of the molecule is CCc1ccc(C(Oc2ccc(C(=O)O)nc2)C(C)NC(=O)C(F)(F)F)cc1. The van der Waals surface area contributed by atoms with Gasteiger partial charge >= 0.3 is 18.1 Å². The van der Waals surface area contributed by atoms with Crippen molar-refractivity contribution in [3.8, 4) is 5.75 Å². The lowest BCUT2D eigenvalue weighted by Gasteiger charge is -2.27. The van der Waals surface area contributed by atoms with Gasteiger partial charge in [-0.25, -0.2) is 9.78 Å². The van der Waals surface area contributed by atoms with E-state index >= 15 is 0 Å². The van der Waals surface area contributed by atoms with Crippen molar-refractivity contribution in [2.24, 2.45) is 0 Å². The number of rotatable bonds is 7. The molecule has 0 saturated heterocycles. The van der Waals surface area contributed by atoms with Gasteiger partial charge in [0.1, 0.15) is 17.5 Å². The van der Waals surface area contributed by atoms with Crippen LogP contribution in [0.4, 0.5) is 13.2 Å². The van der Waals surface area contributed by atoms with Crippen LogP contribution >= 0.6 is 0 Å². The molecule has 1 aromatic heterocycles. The molecule has 2 unspecified atom stereocenters. The van der Waals surface area contributed by atoms with Crippen molar-refractivity contribution < 1.29 is 32.6 Å². The summed E-state index contributed by atoms with van der Waals surface area (Å²) in [7, 11) is 0. The minimum absolute atomic E-state index is 0.155. The molecule has 0 bridgehead atoms. The van der Waals surface area contributed by atoms with Gasteiger partial charge in [-0.15, -0.1) is 0 Å². The number of nitrogens with one attached hydrogen (secondary N) is 1. The summed E-state index contributed by atoms with van der Waals surface area (Å²) in [5, 5.41) is 10.8. The number of pyridine rings is 1. The number of hydrogen-bond acceptors (Lipinski definition) is 4. The number of ether oxygens (including phenoxy) is 1. The Morgan fingerprint density at radius 1 is 1.18 bits per heavy atom. The number of carboxylic acids is 1. The zero-order valence-corrected chi connectivity index (χ0v) is 15.2. The van der Waals surface area contributed by atoms with Gasteiger partial charge in [-0.05, 0) is 36.6 Å². The number of nitrogens with zero attached hydrogens (tertiary/aromatic N) is 1. The van der Waals surface area contributed by atoms with E-state index in [1.54, 1.807) is 12.1 Å². The first-order valence-electron chi connectivity index (χ1n) is 8.44. The monoisotopic (exact) mass is 396 g/mol. The van der Waals surface area contributed by atoms with Gasteiger partial charge in [0.2, 0.25) is 0 Å². The van der Waals surface area contributed by atoms with E-state index in [2.05, 4.69) is 4.98 Å². The number of hydrogen-bond donors (Lipinski definition) is 2. The summed E-state index contributed by atoms with van der Waals surface area (Å²) in [6.07, 6.45) is -4.02. The Bertz CT molecular complexity index is 821. The van der Waals surface area contributed by atoms with Crippen LogP contribution in [0.1, 0.15) is 41.6 Å². The molecule has 0 saturated carbocycles. The van der Waals surface area contributed by atoms with Gasteiger partial charge in [0.25, 0.3) is 0 Å². The fourth-order valence-electron chi connectivity index (χ4n) is 2.49. The number of alkyl halides is 3. The van der Waals surface area contributed by atoms with E-state index in [1.165, 1.54) is 19.1 Å². The van der Waals surface area contributed by atoms with Crippen LogP contribution in [-0.2, 0) is 11.2 Å². The summed E-state index contributed by atoms with van der Waals surface area (Å²) in [5.74, 6) is -3.13. The van der Waals surface area contributed by atoms with Crippen molar-refractivity contribution in [3.63, 3.8) is 0 Å². The van der Waals surface area contributed by atoms with Gasteiger partial charge in [0.05, 0.1) is 12.2 Å². The summed E-state index contributed by atoms with van der Waals surface area (Å²) in [4.78, 5) is 25.9. The minimum atomic E-state index is -5.02. The van der Waals surface area contributed by atoms with Crippen molar-refractivity contribution in [2.45, 2.75) is 38.6 Å². The number of carbonyl (C=O) groups is 2. The molecule has 6 nitrogen and oxygen atoms in total. The minimum Gasteiger partial charge on any atom is -0.482 e. The highest BCUT2D eigenvalue weighted by Gasteiger charge is 2.40. The molecule has 0 aliphatic carbocycles. The summed E-state index contributed by atoms with van der Waals surface area (Å²) >= 11 is 0. The summed E-state index contributed by atoms with van der Waals surface area (Å²) < 4.78 is 43.6. The number of aromatic nitrogens is 1. The highest BCUT2D eigenvalue weighted by atomic mass is 19.4. The molecular formula is C19H19F3N2O4. The summed E-state index contributed by atoms with van der Waals surface area (Å²) in [5.41, 5.74) is 1.38. The molecule has 0 spiro atoms. The van der Waals surface area contributed by atoms with E-state index in [-0.39, 0.29) is 11.4 Å². The number of halogens is 3. The molecule has 28 heavy (non-hydrogen) atoms. The Labute approximate surface area is 159 Å². The molecule has 2 rings (SSSR count). The molecule has 9 heteroatoms. The van der Waals surface area contributed by atoms with Crippen LogP contribution in [-0.4, -0.2) is 34.2 Å². The van der Waals surface area contributed by atoms with Crippen LogP contribution in [0.3, 0.4) is 0 Å². The van der Waals surface area contributed by atoms with Gasteiger partial charge in [-0.3, -0.25) is 4.79 Å². The van der Waals surface area contributed by atoms with Crippen LogP contribution in [0.5, 0.6) is 5.75 Å². The van der Waals surface area contributed by atoms with Crippen molar-refractivity contribution in [1.29, 1.82) is 0 Å². The molecular weight excluding hydrogens is 377 g/mol. The molecule has 2 aromatic rings. The predicted octanol–water partition coefficient (Wildman–Crippen LogP) is 3.53. The predicted molar refractivity (Wildman–Crippen MR) is 94.0 cm³/mol. The number of benzene rings is 1. The van der Waals surface area contributed by atoms with Crippen molar-refractivity contribution in [3.05, 3.63) is 59.4 Å². The number of aromatic carboxylic acids is 1. The van der Waals surface area contributed by atoms with E-state index in [0.717, 1.165) is 18.2 Å². The average molecular weight is 396 g/mol. The standard InChI is InChI=1S/C19H19F3N2O4/c1-3-12-4-6-13(7-5-12)16(11(2)24-18(27)19(20,21)22)28-14-8-9-15(17(25)26)23-10-14/h4-11,16H,3H2,1-2H3,(H,24,27)(H,25,26). The topological polar surface area (TPSA) is 88.5 Å². The third-order valence-corrected chi connectivity index (χ3v) is 4.01. The smallest absolute Gasteiger partial charge is 0.471 e. The van der Waals surface area contributed by atoms with E-state index in [1.807, 2.05) is 24.4 Å². The maximum absolute atomic E-state index is 12.6. The molecule has 0 fully saturated rings. The van der Waals surface area contributed by atoms with Gasteiger partial charge in [0.15, 0.2) is 0 Å². The lowest BCUT2D eigenvalue weighted by atomic mass is 10.0. The first-order chi connectivity index (χ1) is 13.1. The average Bonchev–Trinajstić information content (AvgIpc) is 2.65. The Kier molecular flexibility index (Phi) is 6.61. The molecule has 2 atom stereocenters. The summed E-state index contributed by atoms with van der Waals surface area (Å²) in [6.45, 7) is 3.35. The second-order valence-corrected chi connectivity index (χ2v) is 6.08. The van der Waals surface area contributed by atoms with Crippen molar-refractivity contribution in [1.82, 2.24) is 10.3 Å². The van der Waals surface area contributed by atoms with Crippen LogP contribution in [0.15, 0.2) is 42.6 Å². The van der Waals surface area contributed by atoms with E-state index in [0.29, 0.717) is 5.56 Å². The van der Waals surface area contributed by atoms with E-state index < -0.39 is 30.2 Å². The quantitative estimate of drug-likeness (QED) is 0.748. The van der Waals surface area contributed by atoms with Crippen molar-refractivity contribution >= 4 is 11.9 Å². The third-order valence-electron chi connectivity index (χ3n) is 4.01. The largest absolute Gasteiger partial charge is 0.482 e. The normalized spacial score (nSPS) is 13.5. The molecule has 0 aliphatic heterocycles. The Morgan fingerprint density at radius 2 is 1.82 bits per heavy atom. The van der Waals surface area contributed by atoms with Gasteiger partial charge in [-0.1, -0.05) is 31.2 Å². The number of carboxylic acid groups (broad SMARTS) is 1. The fraction of sp³-hybridized carbons (Fsp3) is 0.316. The number of carbonyl (C=O) groups excluding carboxylic acids is 1. The van der Waals surface area contributed by atoms with Crippen LogP contribution < -0.4 is 10.1 Å². The van der Waals surface area contributed by atoms with Crippen LogP contribution in [0.2, 0.25) is 0 Å². The second-order valence-electron chi connectivity index (χ2n) is 6.08. The second kappa shape index (κ2) is 8.73. The molecule has 2 N–H and O–H groups in total. The number of amides is 1. The molecule has 1 aromatic carbocycles. The maximum Gasteiger partial charge on any atom is 0.471 e. The summed E-state index contributed by atoms with van der Waals surface area (Å²) in [6, 6.07) is 8.58. The van der Waals surface area contributed by atoms with Crippen molar-refractivity contribution in [2.75, 3.05) is 0 Å².